The van der Waals surface area contributed by atoms with Gasteiger partial charge in [-0.25, -0.2) is 0 Å². The predicted octanol–water partition coefficient (Wildman–Crippen LogP) is 0.816. The molecule has 2 N–H and O–H groups in total. The molecule has 1 saturated carbocycles. The van der Waals surface area contributed by atoms with Crippen molar-refractivity contribution in [2.24, 2.45) is 0 Å². The Hall–Kier alpha value is -1.40. The van der Waals surface area contributed by atoms with Crippen molar-refractivity contribution in [1.82, 2.24) is 20.0 Å². The van der Waals surface area contributed by atoms with Gasteiger partial charge in [-0.05, 0) is 45.8 Å². The first-order valence-electron chi connectivity index (χ1n) is 7.68. The van der Waals surface area contributed by atoms with E-state index in [9.17, 15) is 9.90 Å². The van der Waals surface area contributed by atoms with Crippen LogP contribution in [0.1, 0.15) is 47.8 Å². The number of rotatable bonds is 4. The van der Waals surface area contributed by atoms with Crippen LogP contribution in [-0.2, 0) is 0 Å². The van der Waals surface area contributed by atoms with Crippen LogP contribution in [0.3, 0.4) is 0 Å². The van der Waals surface area contributed by atoms with E-state index in [2.05, 4.69) is 10.2 Å². The van der Waals surface area contributed by atoms with E-state index in [0.29, 0.717) is 31.2 Å². The van der Waals surface area contributed by atoms with Gasteiger partial charge < -0.3 is 14.9 Å². The molecule has 1 atom stereocenters. The second kappa shape index (κ2) is 5.42. The molecule has 1 aliphatic heterocycles. The largest absolute Gasteiger partial charge is 0.387 e. The molecule has 116 valence electrons. The Bertz CT molecular complexity index is 523. The number of β-amino-alcohol motifs (C(OH)–C–C–N with tert-alkyl or cyclic N) is 1. The predicted molar refractivity (Wildman–Crippen MR) is 79.2 cm³/mol. The Kier molecular flexibility index (Phi) is 3.75. The van der Waals surface area contributed by atoms with Crippen molar-refractivity contribution >= 4 is 5.91 Å². The molecule has 2 heterocycles. The van der Waals surface area contributed by atoms with Crippen molar-refractivity contribution in [2.75, 3.05) is 33.7 Å². The van der Waals surface area contributed by atoms with Crippen molar-refractivity contribution < 1.29 is 9.90 Å². The van der Waals surface area contributed by atoms with Crippen LogP contribution >= 0.6 is 0 Å². The lowest BCUT2D eigenvalue weighted by atomic mass is 9.92. The first kappa shape index (κ1) is 14.5. The monoisotopic (exact) mass is 292 g/mol. The number of H-pyrrole nitrogens is 1. The van der Waals surface area contributed by atoms with Gasteiger partial charge >= 0.3 is 0 Å². The van der Waals surface area contributed by atoms with E-state index in [-0.39, 0.29) is 5.91 Å². The number of aliphatic hydroxyl groups is 1. The third kappa shape index (κ3) is 3.27. The van der Waals surface area contributed by atoms with Gasteiger partial charge in [0.15, 0.2) is 0 Å². The van der Waals surface area contributed by atoms with E-state index in [1.165, 1.54) is 12.8 Å². The van der Waals surface area contributed by atoms with Gasteiger partial charge in [-0.15, -0.1) is 0 Å². The molecule has 0 bridgehead atoms. The summed E-state index contributed by atoms with van der Waals surface area (Å²) in [5.74, 6) is 0.487. The summed E-state index contributed by atoms with van der Waals surface area (Å²) in [6, 6.07) is 1.87. The molecule has 1 amide bonds. The molecule has 1 unspecified atom stereocenters. The summed E-state index contributed by atoms with van der Waals surface area (Å²) < 4.78 is 0. The second-order valence-electron chi connectivity index (χ2n) is 6.78. The number of nitrogens with zero attached hydrogens (tertiary/aromatic N) is 3. The van der Waals surface area contributed by atoms with Crippen molar-refractivity contribution in [3.63, 3.8) is 0 Å². The molecule has 0 radical (unpaired) electrons. The molecule has 6 nitrogen and oxygen atoms in total. The molecule has 0 aromatic carbocycles. The smallest absolute Gasteiger partial charge is 0.274 e. The summed E-state index contributed by atoms with van der Waals surface area (Å²) in [4.78, 5) is 16.3. The van der Waals surface area contributed by atoms with E-state index in [0.717, 1.165) is 18.5 Å². The third-order valence-corrected chi connectivity index (χ3v) is 4.29. The lowest BCUT2D eigenvalue weighted by molar-refractivity contribution is -0.0392. The highest BCUT2D eigenvalue weighted by Gasteiger charge is 2.36. The molecule has 1 saturated heterocycles. The summed E-state index contributed by atoms with van der Waals surface area (Å²) >= 11 is 0. The number of amides is 1. The molecule has 1 aliphatic carbocycles. The number of piperidine rings is 1. The van der Waals surface area contributed by atoms with Crippen molar-refractivity contribution in [1.29, 1.82) is 0 Å². The first-order valence-corrected chi connectivity index (χ1v) is 7.68. The number of hydrogen-bond acceptors (Lipinski definition) is 4. The minimum Gasteiger partial charge on any atom is -0.387 e. The van der Waals surface area contributed by atoms with Crippen LogP contribution in [0.2, 0.25) is 0 Å². The number of likely N-dealkylation sites (tertiary alicyclic amines) is 1. The molecular formula is C15H24N4O2. The van der Waals surface area contributed by atoms with Crippen molar-refractivity contribution in [3.05, 3.63) is 17.5 Å². The van der Waals surface area contributed by atoms with Crippen LogP contribution in [0.15, 0.2) is 6.07 Å². The number of carbonyl (C=O) groups excluding carboxylic acids is 1. The SMILES string of the molecule is CN(C)CC1(O)CCCN(C(=O)c2cc(C3CC3)[nH]n2)C1. The number of likely N-dealkylation sites (N-methyl/N-ethyl adjacent to an activating group) is 1. The molecule has 3 rings (SSSR count). The third-order valence-electron chi connectivity index (χ3n) is 4.29. The second-order valence-corrected chi connectivity index (χ2v) is 6.78. The van der Waals surface area contributed by atoms with Gasteiger partial charge in [0.25, 0.3) is 5.91 Å². The van der Waals surface area contributed by atoms with Gasteiger partial charge in [-0.2, -0.15) is 5.10 Å². The molecular weight excluding hydrogens is 268 g/mol. The summed E-state index contributed by atoms with van der Waals surface area (Å²) in [6.07, 6.45) is 3.93. The Balaban J connectivity index is 1.68. The van der Waals surface area contributed by atoms with Crippen LogP contribution in [0.5, 0.6) is 0 Å². The fourth-order valence-corrected chi connectivity index (χ4v) is 3.22. The number of carbonyl (C=O) groups is 1. The fraction of sp³-hybridized carbons (Fsp3) is 0.733. The standard InChI is InChI=1S/C15H24N4O2/c1-18(2)9-15(21)6-3-7-19(10-15)14(20)13-8-12(16-17-13)11-4-5-11/h8,11,21H,3-7,9-10H2,1-2H3,(H,16,17). The summed E-state index contributed by atoms with van der Waals surface area (Å²) in [5, 5.41) is 17.8. The topological polar surface area (TPSA) is 72.5 Å². The molecule has 2 aliphatic rings. The van der Waals surface area contributed by atoms with Crippen LogP contribution in [0.4, 0.5) is 0 Å². The molecule has 0 spiro atoms. The van der Waals surface area contributed by atoms with Gasteiger partial charge in [-0.3, -0.25) is 9.89 Å². The van der Waals surface area contributed by atoms with E-state index in [1.54, 1.807) is 4.90 Å². The highest BCUT2D eigenvalue weighted by Crippen LogP contribution is 2.39. The van der Waals surface area contributed by atoms with E-state index in [4.69, 9.17) is 0 Å². The van der Waals surface area contributed by atoms with E-state index < -0.39 is 5.60 Å². The highest BCUT2D eigenvalue weighted by atomic mass is 16.3. The van der Waals surface area contributed by atoms with E-state index >= 15 is 0 Å². The minimum absolute atomic E-state index is 0.0740. The number of aromatic nitrogens is 2. The Morgan fingerprint density at radius 2 is 2.33 bits per heavy atom. The van der Waals surface area contributed by atoms with Crippen LogP contribution in [-0.4, -0.2) is 70.3 Å². The van der Waals surface area contributed by atoms with E-state index in [1.807, 2.05) is 25.1 Å². The minimum atomic E-state index is -0.812. The maximum absolute atomic E-state index is 12.5. The molecule has 1 aromatic rings. The van der Waals surface area contributed by atoms with Crippen LogP contribution in [0.25, 0.3) is 0 Å². The van der Waals surface area contributed by atoms with Crippen molar-refractivity contribution in [3.8, 4) is 0 Å². The summed E-state index contributed by atoms with van der Waals surface area (Å²) in [5.41, 5.74) is 0.734. The molecule has 2 fully saturated rings. The number of hydrogen-bond donors (Lipinski definition) is 2. The molecule has 1 aromatic heterocycles. The van der Waals surface area contributed by atoms with Crippen LogP contribution < -0.4 is 0 Å². The fourth-order valence-electron chi connectivity index (χ4n) is 3.22. The van der Waals surface area contributed by atoms with Crippen molar-refractivity contribution in [2.45, 2.75) is 37.2 Å². The number of nitrogens with one attached hydrogen (secondary N) is 1. The lowest BCUT2D eigenvalue weighted by Crippen LogP contribution is -2.54. The summed E-state index contributed by atoms with van der Waals surface area (Å²) in [6.45, 7) is 1.65. The maximum atomic E-state index is 12.5. The van der Waals surface area contributed by atoms with Crippen LogP contribution in [0, 0.1) is 0 Å². The Morgan fingerprint density at radius 3 is 3.00 bits per heavy atom. The molecule has 6 heteroatoms. The lowest BCUT2D eigenvalue weighted by Gasteiger charge is -2.40. The Labute approximate surface area is 125 Å². The van der Waals surface area contributed by atoms with Gasteiger partial charge in [0.2, 0.25) is 0 Å². The normalized spacial score (nSPS) is 26.4. The Morgan fingerprint density at radius 1 is 1.57 bits per heavy atom. The zero-order chi connectivity index (χ0) is 15.0. The summed E-state index contributed by atoms with van der Waals surface area (Å²) in [7, 11) is 3.88. The molecule has 21 heavy (non-hydrogen) atoms. The number of aromatic amines is 1. The van der Waals surface area contributed by atoms with Gasteiger partial charge in [0, 0.05) is 24.7 Å². The van der Waals surface area contributed by atoms with Gasteiger partial charge in [0.05, 0.1) is 12.1 Å². The average molecular weight is 292 g/mol. The highest BCUT2D eigenvalue weighted by molar-refractivity contribution is 5.92. The van der Waals surface area contributed by atoms with Gasteiger partial charge in [0.1, 0.15) is 5.69 Å². The zero-order valence-corrected chi connectivity index (χ0v) is 12.8. The zero-order valence-electron chi connectivity index (χ0n) is 12.8. The average Bonchev–Trinajstić information content (AvgIpc) is 3.14. The maximum Gasteiger partial charge on any atom is 0.274 e. The first-order chi connectivity index (χ1) is 9.97. The van der Waals surface area contributed by atoms with Gasteiger partial charge in [-0.1, -0.05) is 0 Å². The quantitative estimate of drug-likeness (QED) is 0.861.